The number of nitrogens with one attached hydrogen (secondary N) is 2. The van der Waals surface area contributed by atoms with Gasteiger partial charge in [0.25, 0.3) is 5.91 Å². The second-order valence-corrected chi connectivity index (χ2v) is 12.3. The number of carbonyl (C=O) groups excluding carboxylic acids is 3. The van der Waals surface area contributed by atoms with E-state index < -0.39 is 29.7 Å². The minimum Gasteiger partial charge on any atom is -0.444 e. The summed E-state index contributed by atoms with van der Waals surface area (Å²) in [5.41, 5.74) is 3.21. The topological polar surface area (TPSA) is 87.7 Å². The fourth-order valence-electron chi connectivity index (χ4n) is 4.65. The summed E-state index contributed by atoms with van der Waals surface area (Å²) in [4.78, 5) is 42.6. The number of unbranched alkanes of at least 4 members (excludes halogenated alkanes) is 4. The predicted octanol–water partition coefficient (Wildman–Crippen LogP) is 7.57. The number of rotatable bonds is 13. The zero-order valence-electron chi connectivity index (χ0n) is 25.5. The first kappa shape index (κ1) is 34.5. The molecule has 7 nitrogen and oxygen atoms in total. The van der Waals surface area contributed by atoms with Gasteiger partial charge in [-0.2, -0.15) is 12.6 Å². The maximum atomic E-state index is 14.2. The van der Waals surface area contributed by atoms with Gasteiger partial charge in [0.1, 0.15) is 17.7 Å². The summed E-state index contributed by atoms with van der Waals surface area (Å²) in [5.74, 6) is -0.752. The van der Waals surface area contributed by atoms with Gasteiger partial charge in [0.15, 0.2) is 0 Å². The molecule has 0 bridgehead atoms. The van der Waals surface area contributed by atoms with Crippen LogP contribution in [0.2, 0.25) is 5.02 Å². The lowest BCUT2D eigenvalue weighted by Gasteiger charge is -2.35. The van der Waals surface area contributed by atoms with Crippen molar-refractivity contribution in [2.75, 3.05) is 17.6 Å². The van der Waals surface area contributed by atoms with Gasteiger partial charge in [0.05, 0.1) is 10.7 Å². The maximum Gasteiger partial charge on any atom is 0.408 e. The number of para-hydroxylation sites is 1. The number of aryl methyl sites for hydroxylation is 3. The van der Waals surface area contributed by atoms with Crippen LogP contribution in [0.3, 0.4) is 0 Å². The molecule has 2 atom stereocenters. The third-order valence-electron chi connectivity index (χ3n) is 6.71. The maximum absolute atomic E-state index is 14.2. The van der Waals surface area contributed by atoms with E-state index in [4.69, 9.17) is 16.3 Å². The molecule has 2 aromatic carbocycles. The summed E-state index contributed by atoms with van der Waals surface area (Å²) in [6.07, 6.45) is 4.12. The summed E-state index contributed by atoms with van der Waals surface area (Å²) < 4.78 is 5.41. The van der Waals surface area contributed by atoms with Gasteiger partial charge in [-0.15, -0.1) is 0 Å². The first-order chi connectivity index (χ1) is 19.3. The fourth-order valence-corrected chi connectivity index (χ4v) is 5.17. The van der Waals surface area contributed by atoms with Crippen molar-refractivity contribution >= 4 is 47.8 Å². The minimum absolute atomic E-state index is 0.0370. The molecule has 2 rings (SSSR count). The Balaban J connectivity index is 2.56. The van der Waals surface area contributed by atoms with E-state index in [0.717, 1.165) is 42.4 Å². The van der Waals surface area contributed by atoms with Crippen molar-refractivity contribution in [1.29, 1.82) is 0 Å². The number of hydrogen-bond acceptors (Lipinski definition) is 5. The van der Waals surface area contributed by atoms with Crippen LogP contribution in [0.5, 0.6) is 0 Å². The molecule has 0 aliphatic carbocycles. The molecule has 0 heterocycles. The Morgan fingerprint density at radius 2 is 1.68 bits per heavy atom. The lowest BCUT2D eigenvalue weighted by Crippen LogP contribution is -2.53. The highest BCUT2D eigenvalue weighted by Crippen LogP contribution is 2.31. The van der Waals surface area contributed by atoms with Crippen LogP contribution in [0.15, 0.2) is 36.4 Å². The minimum atomic E-state index is -0.994. The number of benzene rings is 2. The number of carbonyl (C=O) groups is 3. The number of hydrogen-bond donors (Lipinski definition) is 3. The van der Waals surface area contributed by atoms with E-state index >= 15 is 0 Å². The van der Waals surface area contributed by atoms with Crippen LogP contribution >= 0.6 is 24.2 Å². The molecule has 2 unspecified atom stereocenters. The van der Waals surface area contributed by atoms with E-state index in [1.807, 2.05) is 51.1 Å². The van der Waals surface area contributed by atoms with Crippen LogP contribution in [0, 0.1) is 20.8 Å². The Labute approximate surface area is 256 Å². The van der Waals surface area contributed by atoms with Gasteiger partial charge in [-0.1, -0.05) is 80.1 Å². The van der Waals surface area contributed by atoms with Crippen molar-refractivity contribution < 1.29 is 19.1 Å². The summed E-state index contributed by atoms with van der Waals surface area (Å²) in [6.45, 7) is 13.5. The van der Waals surface area contributed by atoms with Crippen molar-refractivity contribution in [2.45, 2.75) is 98.3 Å². The first-order valence-corrected chi connectivity index (χ1v) is 15.3. The third-order valence-corrected chi connectivity index (χ3v) is 7.39. The van der Waals surface area contributed by atoms with E-state index in [1.165, 1.54) is 0 Å². The Kier molecular flexibility index (Phi) is 13.5. The average molecular weight is 604 g/mol. The van der Waals surface area contributed by atoms with Crippen LogP contribution in [-0.2, 0) is 14.3 Å². The Hall–Kier alpha value is -2.71. The summed E-state index contributed by atoms with van der Waals surface area (Å²) in [5, 5.41) is 6.08. The fraction of sp³-hybridized carbons (Fsp3) is 0.531. The van der Waals surface area contributed by atoms with Crippen molar-refractivity contribution in [3.8, 4) is 0 Å². The summed E-state index contributed by atoms with van der Waals surface area (Å²) in [6, 6.07) is 9.27. The molecule has 0 saturated carbocycles. The van der Waals surface area contributed by atoms with Crippen molar-refractivity contribution in [3.05, 3.63) is 63.7 Å². The van der Waals surface area contributed by atoms with Crippen molar-refractivity contribution in [2.24, 2.45) is 0 Å². The number of halogens is 1. The van der Waals surface area contributed by atoms with Gasteiger partial charge in [0.2, 0.25) is 5.91 Å². The number of anilines is 1. The molecule has 0 spiro atoms. The number of amides is 3. The summed E-state index contributed by atoms with van der Waals surface area (Å²) in [7, 11) is 0. The average Bonchev–Trinajstić information content (AvgIpc) is 2.88. The molecule has 2 aromatic rings. The number of ether oxygens (including phenoxy) is 1. The number of nitrogens with zero attached hydrogens (tertiary/aromatic N) is 1. The molecule has 0 aromatic heterocycles. The lowest BCUT2D eigenvalue weighted by molar-refractivity contribution is -0.140. The zero-order valence-corrected chi connectivity index (χ0v) is 27.1. The second-order valence-electron chi connectivity index (χ2n) is 11.5. The van der Waals surface area contributed by atoms with E-state index in [0.29, 0.717) is 29.2 Å². The van der Waals surface area contributed by atoms with E-state index in [2.05, 4.69) is 30.2 Å². The van der Waals surface area contributed by atoms with Crippen LogP contribution < -0.4 is 10.6 Å². The van der Waals surface area contributed by atoms with Gasteiger partial charge in [-0.05, 0) is 70.7 Å². The molecule has 2 N–H and O–H groups in total. The smallest absolute Gasteiger partial charge is 0.408 e. The Bertz CT molecular complexity index is 1180. The third kappa shape index (κ3) is 10.6. The standard InChI is InChI=1S/C32H46ClN3O4S/c1-8-9-10-11-12-18-36(30(38)26(20-41)34-31(39)40-32(5,6)7)28(24-17-16-21(2)19-23(24)4)29(37)35-27-22(3)14-13-15-25(27)33/h13-17,19,26,28,41H,8-12,18,20H2,1-7H3,(H,34,39)(H,35,37). The van der Waals surface area contributed by atoms with Crippen LogP contribution in [0.25, 0.3) is 0 Å². The number of alkyl carbamates (subject to hydrolysis) is 1. The molecule has 0 saturated heterocycles. The normalized spacial score (nSPS) is 12.8. The Morgan fingerprint density at radius 1 is 1.00 bits per heavy atom. The van der Waals surface area contributed by atoms with E-state index in [9.17, 15) is 14.4 Å². The molecule has 0 fully saturated rings. The van der Waals surface area contributed by atoms with Crippen LogP contribution in [0.4, 0.5) is 10.5 Å². The predicted molar refractivity (Wildman–Crippen MR) is 171 cm³/mol. The molecule has 0 aliphatic rings. The van der Waals surface area contributed by atoms with E-state index in [1.54, 1.807) is 31.7 Å². The molecule has 3 amide bonds. The van der Waals surface area contributed by atoms with Gasteiger partial charge >= 0.3 is 6.09 Å². The molecule has 0 radical (unpaired) electrons. The second kappa shape index (κ2) is 16.1. The van der Waals surface area contributed by atoms with Gasteiger partial charge < -0.3 is 20.3 Å². The SMILES string of the molecule is CCCCCCCN(C(=O)C(CS)NC(=O)OC(C)(C)C)C(C(=O)Nc1c(C)cccc1Cl)c1ccc(C)cc1C. The monoisotopic (exact) mass is 603 g/mol. The molecular formula is C32H46ClN3O4S. The molecule has 0 aliphatic heterocycles. The number of thiol groups is 1. The highest BCUT2D eigenvalue weighted by Gasteiger charge is 2.36. The molecule has 9 heteroatoms. The summed E-state index contributed by atoms with van der Waals surface area (Å²) >= 11 is 10.9. The quantitative estimate of drug-likeness (QED) is 0.163. The van der Waals surface area contributed by atoms with Crippen LogP contribution in [-0.4, -0.2) is 46.7 Å². The van der Waals surface area contributed by atoms with Crippen molar-refractivity contribution in [3.63, 3.8) is 0 Å². The highest BCUT2D eigenvalue weighted by molar-refractivity contribution is 7.80. The zero-order chi connectivity index (χ0) is 30.7. The van der Waals surface area contributed by atoms with E-state index in [-0.39, 0.29) is 11.7 Å². The molecule has 41 heavy (non-hydrogen) atoms. The Morgan fingerprint density at radius 3 is 2.27 bits per heavy atom. The largest absolute Gasteiger partial charge is 0.444 e. The lowest BCUT2D eigenvalue weighted by atomic mass is 9.96. The van der Waals surface area contributed by atoms with Crippen LogP contribution in [0.1, 0.15) is 88.1 Å². The first-order valence-electron chi connectivity index (χ1n) is 14.3. The van der Waals surface area contributed by atoms with Crippen molar-refractivity contribution in [1.82, 2.24) is 10.2 Å². The van der Waals surface area contributed by atoms with Gasteiger partial charge in [-0.25, -0.2) is 4.79 Å². The highest BCUT2D eigenvalue weighted by atomic mass is 35.5. The van der Waals surface area contributed by atoms with Gasteiger partial charge in [-0.3, -0.25) is 9.59 Å². The molecular weight excluding hydrogens is 558 g/mol. The van der Waals surface area contributed by atoms with Gasteiger partial charge in [0, 0.05) is 12.3 Å². The molecule has 226 valence electrons.